The Morgan fingerprint density at radius 3 is 2.59 bits per heavy atom. The van der Waals surface area contributed by atoms with Crippen molar-refractivity contribution in [1.82, 2.24) is 25.1 Å². The van der Waals surface area contributed by atoms with E-state index < -0.39 is 5.97 Å². The van der Waals surface area contributed by atoms with Crippen LogP contribution in [0.1, 0.15) is 10.5 Å². The molecule has 3 aromatic heterocycles. The molecule has 3 N–H and O–H groups in total. The largest absolute Gasteiger partial charge is 0.464 e. The third-order valence-corrected chi connectivity index (χ3v) is 5.29. The van der Waals surface area contributed by atoms with Gasteiger partial charge in [-0.3, -0.25) is 5.10 Å². The molecule has 0 spiro atoms. The number of H-pyrrole nitrogens is 2. The van der Waals surface area contributed by atoms with Gasteiger partial charge in [0.15, 0.2) is 11.6 Å². The van der Waals surface area contributed by atoms with Crippen LogP contribution in [0, 0.1) is 0 Å². The zero-order valence-corrected chi connectivity index (χ0v) is 17.6. The molecule has 5 aromatic rings. The number of halogens is 1. The number of aromatic amines is 2. The molecule has 0 amide bonds. The zero-order valence-electron chi connectivity index (χ0n) is 16.9. The molecule has 8 nitrogen and oxygen atoms in total. The Balaban J connectivity index is 1.43. The summed E-state index contributed by atoms with van der Waals surface area (Å²) in [6.07, 6.45) is 5.17. The molecule has 0 radical (unpaired) electrons. The SMILES string of the molecule is COC(=O)c1cc2ccc(-c3ncc(Cl)c(Nc4ccc(-c5cn[nH]c5)cc4)n3)cc2[nH]1. The molecule has 5 rings (SSSR count). The zero-order chi connectivity index (χ0) is 22.1. The van der Waals surface area contributed by atoms with Gasteiger partial charge in [-0.15, -0.1) is 0 Å². The fourth-order valence-corrected chi connectivity index (χ4v) is 3.51. The van der Waals surface area contributed by atoms with Gasteiger partial charge in [0.1, 0.15) is 10.7 Å². The van der Waals surface area contributed by atoms with Crippen LogP contribution in [-0.2, 0) is 4.74 Å². The van der Waals surface area contributed by atoms with Crippen molar-refractivity contribution in [2.75, 3.05) is 12.4 Å². The summed E-state index contributed by atoms with van der Waals surface area (Å²) in [5, 5.41) is 11.3. The maximum absolute atomic E-state index is 11.8. The number of carbonyl (C=O) groups excluding carboxylic acids is 1. The average molecular weight is 445 g/mol. The lowest BCUT2D eigenvalue weighted by Gasteiger charge is -2.10. The fourth-order valence-electron chi connectivity index (χ4n) is 3.37. The van der Waals surface area contributed by atoms with Crippen LogP contribution < -0.4 is 5.32 Å². The molecule has 0 bridgehead atoms. The van der Waals surface area contributed by atoms with Gasteiger partial charge in [-0.25, -0.2) is 14.8 Å². The van der Waals surface area contributed by atoms with Crippen LogP contribution in [0.4, 0.5) is 11.5 Å². The molecule has 158 valence electrons. The van der Waals surface area contributed by atoms with E-state index in [4.69, 9.17) is 16.3 Å². The number of hydrogen-bond acceptors (Lipinski definition) is 6. The number of aromatic nitrogens is 5. The highest BCUT2D eigenvalue weighted by Gasteiger charge is 2.12. The first-order chi connectivity index (χ1) is 15.6. The lowest BCUT2D eigenvalue weighted by molar-refractivity contribution is 0.0595. The monoisotopic (exact) mass is 444 g/mol. The molecule has 3 heterocycles. The van der Waals surface area contributed by atoms with Gasteiger partial charge in [0, 0.05) is 33.9 Å². The first-order valence-corrected chi connectivity index (χ1v) is 10.1. The molecule has 9 heteroatoms. The van der Waals surface area contributed by atoms with Crippen molar-refractivity contribution in [3.05, 3.63) is 77.8 Å². The molecule has 0 saturated heterocycles. The van der Waals surface area contributed by atoms with E-state index in [1.165, 1.54) is 7.11 Å². The van der Waals surface area contributed by atoms with Gasteiger partial charge in [-0.05, 0) is 29.8 Å². The van der Waals surface area contributed by atoms with Crippen molar-refractivity contribution >= 4 is 40.0 Å². The van der Waals surface area contributed by atoms with E-state index in [0.717, 1.165) is 33.3 Å². The first kappa shape index (κ1) is 19.8. The van der Waals surface area contributed by atoms with Gasteiger partial charge in [0.2, 0.25) is 0 Å². The second-order valence-corrected chi connectivity index (χ2v) is 7.46. The highest BCUT2D eigenvalue weighted by atomic mass is 35.5. The number of ether oxygens (including phenoxy) is 1. The maximum atomic E-state index is 11.8. The summed E-state index contributed by atoms with van der Waals surface area (Å²) in [6.45, 7) is 0. The predicted octanol–water partition coefficient (Wildman–Crippen LogP) is 5.20. The molecule has 32 heavy (non-hydrogen) atoms. The van der Waals surface area contributed by atoms with Crippen molar-refractivity contribution in [3.63, 3.8) is 0 Å². The van der Waals surface area contributed by atoms with Crippen LogP contribution in [0.25, 0.3) is 33.4 Å². The summed E-state index contributed by atoms with van der Waals surface area (Å²) in [5.74, 6) is 0.577. The minimum atomic E-state index is -0.421. The van der Waals surface area contributed by atoms with Crippen LogP contribution in [0.15, 0.2) is 67.1 Å². The molecule has 0 unspecified atom stereocenters. The molecule has 0 atom stereocenters. The predicted molar refractivity (Wildman–Crippen MR) is 123 cm³/mol. The van der Waals surface area contributed by atoms with Crippen molar-refractivity contribution in [2.24, 2.45) is 0 Å². The second kappa shape index (κ2) is 8.16. The Bertz CT molecular complexity index is 1410. The normalized spacial score (nSPS) is 10.9. The molecule has 0 aliphatic heterocycles. The summed E-state index contributed by atoms with van der Waals surface area (Å²) in [4.78, 5) is 23.8. The molecule has 0 fully saturated rings. The minimum absolute atomic E-state index is 0.387. The number of rotatable bonds is 5. The highest BCUT2D eigenvalue weighted by molar-refractivity contribution is 6.32. The van der Waals surface area contributed by atoms with E-state index in [1.54, 1.807) is 18.5 Å². The lowest BCUT2D eigenvalue weighted by atomic mass is 10.1. The van der Waals surface area contributed by atoms with E-state index in [1.807, 2.05) is 48.7 Å². The van der Waals surface area contributed by atoms with E-state index >= 15 is 0 Å². The number of hydrogen-bond donors (Lipinski definition) is 3. The summed E-state index contributed by atoms with van der Waals surface area (Å²) >= 11 is 6.34. The number of fused-ring (bicyclic) bond motifs is 1. The molecular formula is C23H17ClN6O2. The summed E-state index contributed by atoms with van der Waals surface area (Å²) in [6, 6.07) is 15.3. The molecule has 0 saturated carbocycles. The van der Waals surface area contributed by atoms with E-state index in [0.29, 0.717) is 22.4 Å². The van der Waals surface area contributed by atoms with Crippen LogP contribution >= 0.6 is 11.6 Å². The number of anilines is 2. The topological polar surface area (TPSA) is 109 Å². The number of esters is 1. The number of nitrogens with one attached hydrogen (secondary N) is 3. The first-order valence-electron chi connectivity index (χ1n) is 9.71. The highest BCUT2D eigenvalue weighted by Crippen LogP contribution is 2.29. The maximum Gasteiger partial charge on any atom is 0.354 e. The second-order valence-electron chi connectivity index (χ2n) is 7.06. The number of nitrogens with zero attached hydrogens (tertiary/aromatic N) is 3. The quantitative estimate of drug-likeness (QED) is 0.321. The van der Waals surface area contributed by atoms with E-state index in [9.17, 15) is 4.79 Å². The summed E-state index contributed by atoms with van der Waals surface area (Å²) in [7, 11) is 1.35. The van der Waals surface area contributed by atoms with Crippen LogP contribution in [0.3, 0.4) is 0 Å². The van der Waals surface area contributed by atoms with Crippen molar-refractivity contribution in [2.45, 2.75) is 0 Å². The number of methoxy groups -OCH3 is 1. The molecule has 0 aliphatic rings. The third kappa shape index (κ3) is 3.79. The third-order valence-electron chi connectivity index (χ3n) is 5.01. The summed E-state index contributed by atoms with van der Waals surface area (Å²) in [5.41, 5.74) is 4.85. The lowest BCUT2D eigenvalue weighted by Crippen LogP contribution is -2.00. The Kier molecular flexibility index (Phi) is 5.04. The Morgan fingerprint density at radius 2 is 1.84 bits per heavy atom. The van der Waals surface area contributed by atoms with Gasteiger partial charge >= 0.3 is 5.97 Å². The van der Waals surface area contributed by atoms with E-state index in [2.05, 4.69) is 30.5 Å². The minimum Gasteiger partial charge on any atom is -0.464 e. The Morgan fingerprint density at radius 1 is 1.03 bits per heavy atom. The standard InChI is InChI=1S/C23H17ClN6O2/c1-32-23(31)20-8-14-2-3-15(9-19(14)29-20)21-25-12-18(24)22(30-21)28-17-6-4-13(5-7-17)16-10-26-27-11-16/h2-12,29H,1H3,(H,26,27)(H,25,28,30). The van der Waals surface area contributed by atoms with Gasteiger partial charge in [0.25, 0.3) is 0 Å². The van der Waals surface area contributed by atoms with Crippen LogP contribution in [0.2, 0.25) is 5.02 Å². The van der Waals surface area contributed by atoms with Crippen molar-refractivity contribution in [1.29, 1.82) is 0 Å². The smallest absolute Gasteiger partial charge is 0.354 e. The van der Waals surface area contributed by atoms with Gasteiger partial charge < -0.3 is 15.0 Å². The molecule has 2 aromatic carbocycles. The van der Waals surface area contributed by atoms with Crippen LogP contribution in [0.5, 0.6) is 0 Å². The fraction of sp³-hybridized carbons (Fsp3) is 0.0435. The molecular weight excluding hydrogens is 428 g/mol. The Labute approximate surface area is 187 Å². The molecule has 0 aliphatic carbocycles. The van der Waals surface area contributed by atoms with E-state index in [-0.39, 0.29) is 0 Å². The van der Waals surface area contributed by atoms with Gasteiger partial charge in [-0.2, -0.15) is 5.10 Å². The van der Waals surface area contributed by atoms with Gasteiger partial charge in [-0.1, -0.05) is 35.9 Å². The van der Waals surface area contributed by atoms with Crippen molar-refractivity contribution in [3.8, 4) is 22.5 Å². The van der Waals surface area contributed by atoms with Crippen LogP contribution in [-0.4, -0.2) is 38.2 Å². The van der Waals surface area contributed by atoms with Gasteiger partial charge in [0.05, 0.1) is 19.5 Å². The average Bonchev–Trinajstić information content (AvgIpc) is 3.50. The number of benzene rings is 2. The van der Waals surface area contributed by atoms with Crippen molar-refractivity contribution < 1.29 is 9.53 Å². The Hall–Kier alpha value is -4.17. The summed E-state index contributed by atoms with van der Waals surface area (Å²) < 4.78 is 4.77. The number of carbonyl (C=O) groups is 1.